The van der Waals surface area contributed by atoms with Gasteiger partial charge in [0.1, 0.15) is 0 Å². The Balaban J connectivity index is -0.0000000322. The zero-order valence-electron chi connectivity index (χ0n) is 7.68. The van der Waals surface area contributed by atoms with Gasteiger partial charge < -0.3 is 14.8 Å². The van der Waals surface area contributed by atoms with E-state index in [0.29, 0.717) is 0 Å². The Kier molecular flexibility index (Phi) is 29.8. The topological polar surface area (TPSA) is 205 Å². The average molecular weight is 282 g/mol. The molecule has 14 heteroatoms. The third-order valence-corrected chi connectivity index (χ3v) is 0. The van der Waals surface area contributed by atoms with Crippen LogP contribution in [0.2, 0.25) is 0 Å². The molecule has 0 heterocycles. The molecule has 0 aromatic rings. The number of nitrogens with zero attached hydrogens (tertiary/aromatic N) is 1. The molecule has 0 amide bonds. The summed E-state index contributed by atoms with van der Waals surface area (Å²) in [5.41, 5.74) is 4.15. The second kappa shape index (κ2) is 15.0. The number of hydrogen-bond acceptors (Lipinski definition) is 8. The van der Waals surface area contributed by atoms with E-state index in [1.165, 1.54) is 6.19 Å². The van der Waals surface area contributed by atoms with Gasteiger partial charge in [-0.05, 0) is 0 Å². The molecule has 0 saturated carbocycles. The van der Waals surface area contributed by atoms with E-state index >= 15 is 0 Å². The first-order valence-electron chi connectivity index (χ1n) is 1.88. The Morgan fingerprint density at radius 3 is 1.00 bits per heavy atom. The maximum absolute atomic E-state index is 8.63. The van der Waals surface area contributed by atoms with Gasteiger partial charge in [-0.3, -0.25) is 9.11 Å². The van der Waals surface area contributed by atoms with Crippen LogP contribution in [0.25, 0.3) is 0 Å². The van der Waals surface area contributed by atoms with Crippen LogP contribution in [0, 0.1) is 11.5 Å². The summed E-state index contributed by atoms with van der Waals surface area (Å²) in [5, 5.41) is 7.10. The van der Waals surface area contributed by atoms with Gasteiger partial charge >= 0.3 is 59.1 Å². The monoisotopic (exact) mass is 282 g/mol. The van der Waals surface area contributed by atoms with Crippen molar-refractivity contribution in [3.05, 3.63) is 0 Å². The normalized spacial score (nSPS) is 8.20. The van der Waals surface area contributed by atoms with Crippen molar-refractivity contribution in [3.63, 3.8) is 0 Å². The van der Waals surface area contributed by atoms with E-state index in [0.717, 1.165) is 0 Å². The minimum absolute atomic E-state index is 0. The first-order valence-corrected chi connectivity index (χ1v) is 4.61. The zero-order valence-corrected chi connectivity index (χ0v) is 13.3. The van der Waals surface area contributed by atoms with Crippen LogP contribution in [0.15, 0.2) is 0 Å². The van der Waals surface area contributed by atoms with Crippen molar-refractivity contribution in [2.45, 2.75) is 0 Å². The fourth-order valence-electron chi connectivity index (χ4n) is 0. The van der Waals surface area contributed by atoms with Crippen LogP contribution in [-0.4, -0.2) is 35.0 Å². The molecule has 0 saturated heterocycles. The Morgan fingerprint density at radius 1 is 1.00 bits per heavy atom. The number of nitrogens with two attached hydrogens (primary N) is 1. The minimum atomic E-state index is -4.92. The van der Waals surface area contributed by atoms with Crippen LogP contribution in [0.5, 0.6) is 0 Å². The second-order valence-electron chi connectivity index (χ2n) is 0.985. The molecule has 0 aliphatic carbocycles. The fraction of sp³-hybridized carbons (Fsp3) is 0. The van der Waals surface area contributed by atoms with Gasteiger partial charge in [0.15, 0.2) is 6.19 Å². The number of nitriles is 1. The molecular weight excluding hydrogens is 278 g/mol. The average Bonchev–Trinajstić information content (AvgIpc) is 1.52. The minimum Gasteiger partial charge on any atom is -0.726 e. The van der Waals surface area contributed by atoms with Crippen LogP contribution in [-0.2, 0) is 20.8 Å². The molecule has 0 aliphatic rings. The quantitative estimate of drug-likeness (QED) is 0.126. The molecule has 80 valence electrons. The van der Waals surface area contributed by atoms with E-state index in [4.69, 9.17) is 40.3 Å². The summed E-state index contributed by atoms with van der Waals surface area (Å²) >= 11 is 0. The SMILES string of the molecule is N#CN.O=S(=O)([O-])O.O=S(=O)([O-])O.[Na+].[Na+]. The summed E-state index contributed by atoms with van der Waals surface area (Å²) in [5.74, 6) is 0. The number of hydrogen-bond donors (Lipinski definition) is 3. The fourth-order valence-corrected chi connectivity index (χ4v) is 0. The van der Waals surface area contributed by atoms with Crippen molar-refractivity contribution < 1.29 is 94.2 Å². The van der Waals surface area contributed by atoms with Gasteiger partial charge in [0.25, 0.3) is 0 Å². The molecule has 0 radical (unpaired) electrons. The Labute approximate surface area is 131 Å². The molecule has 0 bridgehead atoms. The van der Waals surface area contributed by atoms with Gasteiger partial charge in [-0.15, -0.1) is 0 Å². The van der Waals surface area contributed by atoms with Crippen LogP contribution in [0.1, 0.15) is 0 Å². The molecule has 4 N–H and O–H groups in total. The van der Waals surface area contributed by atoms with Gasteiger partial charge in [0.2, 0.25) is 20.8 Å². The smallest absolute Gasteiger partial charge is 0.726 e. The summed E-state index contributed by atoms with van der Waals surface area (Å²) in [4.78, 5) is 0. The largest absolute Gasteiger partial charge is 1.00 e. The molecule has 0 aromatic heterocycles. The van der Waals surface area contributed by atoms with Gasteiger partial charge in [0.05, 0.1) is 0 Å². The predicted molar refractivity (Wildman–Crippen MR) is 34.5 cm³/mol. The Hall–Kier alpha value is 1.03. The van der Waals surface area contributed by atoms with E-state index in [1.807, 2.05) is 0 Å². The molecule has 0 atom stereocenters. The van der Waals surface area contributed by atoms with Gasteiger partial charge in [0, 0.05) is 0 Å². The maximum Gasteiger partial charge on any atom is 1.00 e. The van der Waals surface area contributed by atoms with E-state index in [2.05, 4.69) is 5.73 Å². The maximum atomic E-state index is 8.63. The molecule has 0 aromatic carbocycles. The molecular formula is CH4N2Na2O8S2. The summed E-state index contributed by atoms with van der Waals surface area (Å²) in [7, 11) is -9.83. The van der Waals surface area contributed by atoms with Gasteiger partial charge in [-0.25, -0.2) is 16.8 Å². The molecule has 0 rings (SSSR count). The van der Waals surface area contributed by atoms with Crippen molar-refractivity contribution in [2.75, 3.05) is 0 Å². The van der Waals surface area contributed by atoms with E-state index in [1.54, 1.807) is 0 Å². The molecule has 10 nitrogen and oxygen atoms in total. The standard InChI is InChI=1S/CH2N2.2Na.2H2O4S/c2-1-3;;;2*1-5(2,3)4/h2H2;;;2*(H2,1,2,3,4)/q;2*+1;;/p-2. The van der Waals surface area contributed by atoms with Crippen molar-refractivity contribution in [2.24, 2.45) is 5.73 Å². The Bertz CT molecular complexity index is 293. The zero-order chi connectivity index (χ0) is 11.7. The molecule has 0 aliphatic heterocycles. The first-order chi connectivity index (χ1) is 5.41. The van der Waals surface area contributed by atoms with Crippen LogP contribution >= 0.6 is 0 Å². The summed E-state index contributed by atoms with van der Waals surface area (Å²) in [6.45, 7) is 0. The van der Waals surface area contributed by atoms with Crippen molar-refractivity contribution in [3.8, 4) is 6.19 Å². The third-order valence-electron chi connectivity index (χ3n) is 0. The van der Waals surface area contributed by atoms with Crippen molar-refractivity contribution in [1.29, 1.82) is 5.26 Å². The summed E-state index contributed by atoms with van der Waals surface area (Å²) in [6.07, 6.45) is 1.25. The van der Waals surface area contributed by atoms with Crippen LogP contribution in [0.4, 0.5) is 0 Å². The molecule has 15 heavy (non-hydrogen) atoms. The Morgan fingerprint density at radius 2 is 1.00 bits per heavy atom. The molecule has 0 spiro atoms. The predicted octanol–water partition coefficient (Wildman–Crippen LogP) is -8.56. The van der Waals surface area contributed by atoms with Gasteiger partial charge in [-0.1, -0.05) is 0 Å². The van der Waals surface area contributed by atoms with E-state index < -0.39 is 20.8 Å². The molecule has 0 unspecified atom stereocenters. The van der Waals surface area contributed by atoms with Gasteiger partial charge in [-0.2, -0.15) is 5.26 Å². The van der Waals surface area contributed by atoms with Crippen LogP contribution < -0.4 is 64.8 Å². The summed E-state index contributed by atoms with van der Waals surface area (Å²) in [6, 6.07) is 0. The van der Waals surface area contributed by atoms with E-state index in [-0.39, 0.29) is 59.1 Å². The van der Waals surface area contributed by atoms with Crippen molar-refractivity contribution >= 4 is 20.8 Å². The first kappa shape index (κ1) is 29.8. The third kappa shape index (κ3) is 2410. The van der Waals surface area contributed by atoms with Crippen LogP contribution in [0.3, 0.4) is 0 Å². The molecule has 0 fully saturated rings. The number of rotatable bonds is 0. The second-order valence-corrected chi connectivity index (χ2v) is 2.70. The van der Waals surface area contributed by atoms with Crippen molar-refractivity contribution in [1.82, 2.24) is 0 Å². The van der Waals surface area contributed by atoms with E-state index in [9.17, 15) is 0 Å². The summed E-state index contributed by atoms with van der Waals surface area (Å²) < 4.78 is 65.7.